The molecular weight excluding hydrogens is 717 g/mol. The fourth-order valence-electron chi connectivity index (χ4n) is 6.05. The molecule has 278 valence electrons. The van der Waals surface area contributed by atoms with Crippen LogP contribution in [0.25, 0.3) is 11.3 Å². The standard InChI is InChI=1S/C44H38N2O8S/c1-29-22-24-31(25-23-29)35-28-55-44(45-35)46-37-39(54-42(49)34-20-12-5-13-21-34)38(53-41(48)33-18-10-4-11-19-33)36(27-50-40(47)32-16-8-3-9-17-32)52-43(37)51-26-30-14-6-2-7-15-30/h2-25,28,36-39,43H,26-27H2,1H3,(H,45,46)/t36-,37-,38-,39-,43-/m1/s1. The summed E-state index contributed by atoms with van der Waals surface area (Å²) in [5.74, 6) is -1.96. The number of carbonyl (C=O) groups is 3. The summed E-state index contributed by atoms with van der Waals surface area (Å²) in [5, 5.41) is 5.81. The highest BCUT2D eigenvalue weighted by molar-refractivity contribution is 7.14. The molecule has 1 aromatic heterocycles. The van der Waals surface area contributed by atoms with Gasteiger partial charge in [0.1, 0.15) is 18.8 Å². The first-order chi connectivity index (χ1) is 26.9. The number of aromatic nitrogens is 1. The number of hydrogen-bond acceptors (Lipinski definition) is 11. The minimum atomic E-state index is -1.28. The molecule has 0 aliphatic carbocycles. The highest BCUT2D eigenvalue weighted by atomic mass is 32.1. The van der Waals surface area contributed by atoms with Crippen LogP contribution in [0.1, 0.15) is 42.2 Å². The zero-order valence-corrected chi connectivity index (χ0v) is 30.7. The van der Waals surface area contributed by atoms with E-state index in [0.717, 1.165) is 22.4 Å². The molecule has 1 saturated heterocycles. The average Bonchev–Trinajstić information content (AvgIpc) is 3.71. The van der Waals surface area contributed by atoms with Crippen molar-refractivity contribution in [3.63, 3.8) is 0 Å². The quantitative estimate of drug-likeness (QED) is 0.0913. The largest absolute Gasteiger partial charge is 0.459 e. The number of rotatable bonds is 13. The molecule has 2 heterocycles. The van der Waals surface area contributed by atoms with E-state index in [1.807, 2.05) is 66.9 Å². The number of ether oxygens (including phenoxy) is 5. The fourth-order valence-corrected chi connectivity index (χ4v) is 6.82. The van der Waals surface area contributed by atoms with E-state index < -0.39 is 48.6 Å². The van der Waals surface area contributed by atoms with Gasteiger partial charge in [-0.1, -0.05) is 115 Å². The second-order valence-electron chi connectivity index (χ2n) is 12.8. The minimum absolute atomic E-state index is 0.126. The summed E-state index contributed by atoms with van der Waals surface area (Å²) >= 11 is 1.35. The van der Waals surface area contributed by atoms with Gasteiger partial charge in [-0.2, -0.15) is 0 Å². The number of hydrogen-bond donors (Lipinski definition) is 1. The minimum Gasteiger partial charge on any atom is -0.459 e. The van der Waals surface area contributed by atoms with Gasteiger partial charge in [-0.05, 0) is 48.9 Å². The van der Waals surface area contributed by atoms with Crippen molar-refractivity contribution >= 4 is 34.4 Å². The number of carbonyl (C=O) groups excluding carboxylic acids is 3. The van der Waals surface area contributed by atoms with Gasteiger partial charge < -0.3 is 29.0 Å². The summed E-state index contributed by atoms with van der Waals surface area (Å²) in [6.07, 6.45) is -4.77. The lowest BCUT2D eigenvalue weighted by atomic mass is 9.96. The highest BCUT2D eigenvalue weighted by Crippen LogP contribution is 2.34. The summed E-state index contributed by atoms with van der Waals surface area (Å²) < 4.78 is 31.3. The molecule has 55 heavy (non-hydrogen) atoms. The highest BCUT2D eigenvalue weighted by Gasteiger charge is 2.52. The Bertz CT molecular complexity index is 2170. The average molecular weight is 755 g/mol. The molecule has 1 aliphatic rings. The molecule has 1 aliphatic heterocycles. The number of benzene rings is 5. The third-order valence-electron chi connectivity index (χ3n) is 8.94. The van der Waals surface area contributed by atoms with Gasteiger partial charge in [-0.15, -0.1) is 11.3 Å². The Morgan fingerprint density at radius 2 is 1.20 bits per heavy atom. The van der Waals surface area contributed by atoms with Gasteiger partial charge >= 0.3 is 17.9 Å². The Labute approximate surface area is 322 Å². The second-order valence-corrected chi connectivity index (χ2v) is 13.7. The number of anilines is 1. The number of esters is 3. The third-order valence-corrected chi connectivity index (χ3v) is 9.71. The molecule has 11 heteroatoms. The van der Waals surface area contributed by atoms with Crippen molar-refractivity contribution in [3.05, 3.63) is 179 Å². The zero-order chi connectivity index (χ0) is 38.0. The normalized spacial score (nSPS) is 19.2. The molecule has 5 atom stereocenters. The van der Waals surface area contributed by atoms with E-state index in [-0.39, 0.29) is 24.3 Å². The first-order valence-corrected chi connectivity index (χ1v) is 18.6. The molecular formula is C44H38N2O8S. The summed E-state index contributed by atoms with van der Waals surface area (Å²) in [6, 6.07) is 42.0. The lowest BCUT2D eigenvalue weighted by Gasteiger charge is -2.45. The Morgan fingerprint density at radius 1 is 0.673 bits per heavy atom. The van der Waals surface area contributed by atoms with Crippen LogP contribution in [0.3, 0.4) is 0 Å². The fraction of sp³-hybridized carbons (Fsp3) is 0.182. The molecule has 0 radical (unpaired) electrons. The van der Waals surface area contributed by atoms with Gasteiger partial charge in [0.15, 0.2) is 23.6 Å². The molecule has 0 saturated carbocycles. The Kier molecular flexibility index (Phi) is 12.0. The number of nitrogens with zero attached hydrogens (tertiary/aromatic N) is 1. The van der Waals surface area contributed by atoms with Crippen molar-refractivity contribution in [1.29, 1.82) is 0 Å². The maximum Gasteiger partial charge on any atom is 0.338 e. The molecule has 7 rings (SSSR count). The van der Waals surface area contributed by atoms with Gasteiger partial charge in [0.2, 0.25) is 0 Å². The van der Waals surface area contributed by atoms with Gasteiger partial charge in [-0.25, -0.2) is 19.4 Å². The van der Waals surface area contributed by atoms with Crippen LogP contribution in [0.4, 0.5) is 5.13 Å². The van der Waals surface area contributed by atoms with Crippen LogP contribution in [0.15, 0.2) is 151 Å². The monoisotopic (exact) mass is 754 g/mol. The maximum absolute atomic E-state index is 13.9. The maximum atomic E-state index is 13.9. The van der Waals surface area contributed by atoms with Crippen LogP contribution in [-0.2, 0) is 30.3 Å². The van der Waals surface area contributed by atoms with Gasteiger partial charge in [0.05, 0.1) is 29.0 Å². The van der Waals surface area contributed by atoms with Crippen molar-refractivity contribution in [3.8, 4) is 11.3 Å². The zero-order valence-electron chi connectivity index (χ0n) is 29.9. The van der Waals surface area contributed by atoms with E-state index in [0.29, 0.717) is 10.7 Å². The number of nitrogens with one attached hydrogen (secondary N) is 1. The lowest BCUT2D eigenvalue weighted by molar-refractivity contribution is -0.264. The molecule has 6 aromatic rings. The van der Waals surface area contributed by atoms with Crippen molar-refractivity contribution < 1.29 is 38.1 Å². The van der Waals surface area contributed by atoms with Crippen LogP contribution in [0.5, 0.6) is 0 Å². The molecule has 0 spiro atoms. The Morgan fingerprint density at radius 3 is 1.78 bits per heavy atom. The van der Waals surface area contributed by atoms with Crippen molar-refractivity contribution in [2.24, 2.45) is 0 Å². The van der Waals surface area contributed by atoms with Crippen molar-refractivity contribution in [2.75, 3.05) is 11.9 Å². The lowest BCUT2D eigenvalue weighted by Crippen LogP contribution is -2.64. The molecule has 1 fully saturated rings. The van der Waals surface area contributed by atoms with Crippen LogP contribution in [0.2, 0.25) is 0 Å². The van der Waals surface area contributed by atoms with Crippen LogP contribution >= 0.6 is 11.3 Å². The predicted octanol–water partition coefficient (Wildman–Crippen LogP) is 8.15. The van der Waals surface area contributed by atoms with E-state index in [1.54, 1.807) is 91.0 Å². The van der Waals surface area contributed by atoms with Crippen LogP contribution in [-0.4, -0.2) is 60.1 Å². The van der Waals surface area contributed by atoms with E-state index in [2.05, 4.69) is 5.32 Å². The second kappa shape index (κ2) is 17.8. The SMILES string of the molecule is Cc1ccc(-c2csc(N[C@H]3[C@H](OCc4ccccc4)O[C@H](COC(=O)c4ccccc4)[C@@H](OC(=O)c4ccccc4)[C@@H]3OC(=O)c3ccccc3)n2)cc1. The predicted molar refractivity (Wildman–Crippen MR) is 208 cm³/mol. The van der Waals surface area contributed by atoms with Crippen LogP contribution in [0, 0.1) is 6.92 Å². The van der Waals surface area contributed by atoms with E-state index in [1.165, 1.54) is 11.3 Å². The third kappa shape index (κ3) is 9.51. The number of thiazole rings is 1. The molecule has 10 nitrogen and oxygen atoms in total. The summed E-state index contributed by atoms with van der Waals surface area (Å²) in [7, 11) is 0. The smallest absolute Gasteiger partial charge is 0.338 e. The Hall–Kier alpha value is -6.14. The molecule has 5 aromatic carbocycles. The van der Waals surface area contributed by atoms with E-state index >= 15 is 0 Å². The van der Waals surface area contributed by atoms with Gasteiger partial charge in [0.25, 0.3) is 0 Å². The van der Waals surface area contributed by atoms with Gasteiger partial charge in [0, 0.05) is 10.9 Å². The van der Waals surface area contributed by atoms with Crippen molar-refractivity contribution in [2.45, 2.75) is 44.2 Å². The summed E-state index contributed by atoms with van der Waals surface area (Å²) in [6.45, 7) is 1.79. The molecule has 0 unspecified atom stereocenters. The van der Waals surface area contributed by atoms with Gasteiger partial charge in [-0.3, -0.25) is 0 Å². The van der Waals surface area contributed by atoms with E-state index in [4.69, 9.17) is 28.7 Å². The Balaban J connectivity index is 1.27. The molecule has 0 bridgehead atoms. The molecule has 0 amide bonds. The topological polar surface area (TPSA) is 122 Å². The summed E-state index contributed by atoms with van der Waals surface area (Å²) in [5.41, 5.74) is 4.53. The first kappa shape index (κ1) is 37.2. The number of aryl methyl sites for hydroxylation is 1. The first-order valence-electron chi connectivity index (χ1n) is 17.8. The van der Waals surface area contributed by atoms with Crippen molar-refractivity contribution in [1.82, 2.24) is 4.98 Å². The molecule has 1 N–H and O–H groups in total. The summed E-state index contributed by atoms with van der Waals surface area (Å²) in [4.78, 5) is 45.7. The van der Waals surface area contributed by atoms with Crippen LogP contribution < -0.4 is 5.32 Å². The van der Waals surface area contributed by atoms with E-state index in [9.17, 15) is 14.4 Å².